The zero-order valence-electron chi connectivity index (χ0n) is 16.0. The molecule has 3 aromatic rings. The number of hydrogen-bond donors (Lipinski definition) is 4. The Labute approximate surface area is 161 Å². The number of carbonyl (C=O) groups excluding carboxylic acids is 1. The molecule has 3 heterocycles. The number of nitrogens with one attached hydrogen (secondary N) is 4. The molecule has 0 unspecified atom stereocenters. The molecule has 2 aromatic heterocycles. The topological polar surface area (TPSA) is 114 Å². The highest BCUT2D eigenvalue weighted by atomic mass is 16.7. The highest BCUT2D eigenvalue weighted by Gasteiger charge is 2.33. The van der Waals surface area contributed by atoms with Gasteiger partial charge in [0.15, 0.2) is 17.1 Å². The molecule has 0 atom stereocenters. The third-order valence-electron chi connectivity index (χ3n) is 4.15. The normalized spacial score (nSPS) is 14.0. The fourth-order valence-electron chi connectivity index (χ4n) is 2.95. The summed E-state index contributed by atoms with van der Waals surface area (Å²) in [6.07, 6.45) is 1.54. The molecule has 4 rings (SSSR count). The van der Waals surface area contributed by atoms with Gasteiger partial charge in [0.2, 0.25) is 5.79 Å². The van der Waals surface area contributed by atoms with Crippen LogP contribution in [0.25, 0.3) is 5.65 Å². The summed E-state index contributed by atoms with van der Waals surface area (Å²) in [6.45, 7) is 3.70. The fraction of sp³-hybridized carbons (Fsp3) is 0.278. The molecule has 0 radical (unpaired) electrons. The maximum absolute atomic E-state index is 11.7. The van der Waals surface area contributed by atoms with Crippen LogP contribution in [0.5, 0.6) is 11.5 Å². The van der Waals surface area contributed by atoms with Crippen LogP contribution in [0, 0.1) is 0 Å². The molecule has 28 heavy (non-hydrogen) atoms. The molecule has 1 aliphatic heterocycles. The summed E-state index contributed by atoms with van der Waals surface area (Å²) >= 11 is 0. The first kappa shape index (κ1) is 17.7. The van der Waals surface area contributed by atoms with E-state index in [4.69, 9.17) is 9.47 Å². The lowest BCUT2D eigenvalue weighted by atomic mass is 10.2. The van der Waals surface area contributed by atoms with Gasteiger partial charge < -0.3 is 30.7 Å². The van der Waals surface area contributed by atoms with E-state index in [0.29, 0.717) is 34.5 Å². The predicted octanol–water partition coefficient (Wildman–Crippen LogP) is 2.77. The standard InChI is InChI=1S/C18H21N7O3/c1-18(2)27-12-7-5-6-10(15(12)28-18)22-13-8-14(19-3)25-16(24-13)11(9-21-25)23-17(26)20-4/h5-9,19H,1-4H3,(H,22,24)(H2,20,23,26). The summed E-state index contributed by atoms with van der Waals surface area (Å²) in [6, 6.07) is 7.07. The van der Waals surface area contributed by atoms with Gasteiger partial charge in [-0.15, -0.1) is 0 Å². The lowest BCUT2D eigenvalue weighted by Gasteiger charge is -2.17. The molecule has 2 amide bonds. The Morgan fingerprint density at radius 3 is 2.75 bits per heavy atom. The Bertz CT molecular complexity index is 1060. The van der Waals surface area contributed by atoms with Crippen molar-refractivity contribution in [3.8, 4) is 11.5 Å². The van der Waals surface area contributed by atoms with Gasteiger partial charge in [0, 0.05) is 34.0 Å². The van der Waals surface area contributed by atoms with Crippen LogP contribution in [0.2, 0.25) is 0 Å². The first-order chi connectivity index (χ1) is 13.4. The number of fused-ring (bicyclic) bond motifs is 2. The molecule has 1 aliphatic rings. The number of ether oxygens (including phenoxy) is 2. The number of amides is 2. The number of carbonyl (C=O) groups is 1. The smallest absolute Gasteiger partial charge is 0.319 e. The third-order valence-corrected chi connectivity index (χ3v) is 4.15. The quantitative estimate of drug-likeness (QED) is 0.548. The summed E-state index contributed by atoms with van der Waals surface area (Å²) in [7, 11) is 3.33. The minimum atomic E-state index is -0.732. The van der Waals surface area contributed by atoms with Crippen molar-refractivity contribution in [2.24, 2.45) is 0 Å². The van der Waals surface area contributed by atoms with Gasteiger partial charge in [0.25, 0.3) is 0 Å². The van der Waals surface area contributed by atoms with E-state index in [0.717, 1.165) is 5.69 Å². The Morgan fingerprint density at radius 1 is 1.18 bits per heavy atom. The van der Waals surface area contributed by atoms with Crippen molar-refractivity contribution in [2.75, 3.05) is 30.0 Å². The largest absolute Gasteiger partial charge is 0.449 e. The van der Waals surface area contributed by atoms with Crippen LogP contribution in [0.1, 0.15) is 13.8 Å². The van der Waals surface area contributed by atoms with E-state index in [9.17, 15) is 4.79 Å². The molecule has 0 fully saturated rings. The lowest BCUT2D eigenvalue weighted by molar-refractivity contribution is -0.0428. The molecule has 10 nitrogen and oxygen atoms in total. The van der Waals surface area contributed by atoms with Gasteiger partial charge >= 0.3 is 6.03 Å². The van der Waals surface area contributed by atoms with E-state index in [2.05, 4.69) is 31.3 Å². The molecule has 0 saturated carbocycles. The third kappa shape index (κ3) is 3.08. The first-order valence-electron chi connectivity index (χ1n) is 8.73. The minimum absolute atomic E-state index is 0.352. The highest BCUT2D eigenvalue weighted by Crippen LogP contribution is 2.45. The van der Waals surface area contributed by atoms with Crippen LogP contribution < -0.4 is 30.7 Å². The van der Waals surface area contributed by atoms with Crippen LogP contribution in [-0.2, 0) is 0 Å². The number of aromatic nitrogens is 3. The second-order valence-electron chi connectivity index (χ2n) is 6.64. The Kier molecular flexibility index (Phi) is 4.10. The van der Waals surface area contributed by atoms with Crippen LogP contribution in [-0.4, -0.2) is 40.5 Å². The van der Waals surface area contributed by atoms with Gasteiger partial charge in [-0.25, -0.2) is 9.78 Å². The maximum atomic E-state index is 11.7. The van der Waals surface area contributed by atoms with Gasteiger partial charge in [-0.3, -0.25) is 0 Å². The van der Waals surface area contributed by atoms with Crippen molar-refractivity contribution in [3.63, 3.8) is 0 Å². The molecule has 0 bridgehead atoms. The van der Waals surface area contributed by atoms with E-state index >= 15 is 0 Å². The van der Waals surface area contributed by atoms with Crippen molar-refractivity contribution < 1.29 is 14.3 Å². The van der Waals surface area contributed by atoms with E-state index < -0.39 is 5.79 Å². The fourth-order valence-corrected chi connectivity index (χ4v) is 2.95. The summed E-state index contributed by atoms with van der Waals surface area (Å²) < 4.78 is 13.3. The molecule has 146 valence electrons. The Morgan fingerprint density at radius 2 is 2.00 bits per heavy atom. The molecule has 1 aromatic carbocycles. The SMILES string of the molecule is CNC(=O)Nc1cnn2c(NC)cc(Nc3cccc4c3OC(C)(C)O4)nc12. The van der Waals surface area contributed by atoms with Crippen LogP contribution in [0.3, 0.4) is 0 Å². The van der Waals surface area contributed by atoms with Gasteiger partial charge in [0.05, 0.1) is 11.9 Å². The molecular formula is C18H21N7O3. The van der Waals surface area contributed by atoms with Crippen molar-refractivity contribution in [1.29, 1.82) is 0 Å². The molecule has 4 N–H and O–H groups in total. The number of nitrogens with zero attached hydrogens (tertiary/aromatic N) is 3. The predicted molar refractivity (Wildman–Crippen MR) is 106 cm³/mol. The molecular weight excluding hydrogens is 362 g/mol. The van der Waals surface area contributed by atoms with Gasteiger partial charge in [-0.05, 0) is 12.1 Å². The van der Waals surface area contributed by atoms with E-state index in [1.54, 1.807) is 24.8 Å². The van der Waals surface area contributed by atoms with Crippen molar-refractivity contribution in [1.82, 2.24) is 19.9 Å². The summed E-state index contributed by atoms with van der Waals surface area (Å²) in [4.78, 5) is 16.3. The van der Waals surface area contributed by atoms with Gasteiger partial charge in [0.1, 0.15) is 17.3 Å². The van der Waals surface area contributed by atoms with E-state index in [1.165, 1.54) is 0 Å². The number of rotatable bonds is 4. The highest BCUT2D eigenvalue weighted by molar-refractivity contribution is 5.93. The number of urea groups is 1. The zero-order chi connectivity index (χ0) is 19.9. The average Bonchev–Trinajstić information content (AvgIpc) is 3.21. The lowest BCUT2D eigenvalue weighted by Crippen LogP contribution is -2.29. The van der Waals surface area contributed by atoms with Gasteiger partial charge in [-0.1, -0.05) is 6.07 Å². The molecule has 0 aliphatic carbocycles. The number of hydrogen-bond acceptors (Lipinski definition) is 7. The van der Waals surface area contributed by atoms with Crippen molar-refractivity contribution in [3.05, 3.63) is 30.5 Å². The average molecular weight is 383 g/mol. The molecule has 0 saturated heterocycles. The minimum Gasteiger partial charge on any atom is -0.449 e. The van der Waals surface area contributed by atoms with Crippen LogP contribution >= 0.6 is 0 Å². The van der Waals surface area contributed by atoms with Crippen LogP contribution in [0.15, 0.2) is 30.5 Å². The second-order valence-corrected chi connectivity index (χ2v) is 6.64. The first-order valence-corrected chi connectivity index (χ1v) is 8.73. The van der Waals surface area contributed by atoms with Gasteiger partial charge in [-0.2, -0.15) is 9.61 Å². The Balaban J connectivity index is 1.73. The number of anilines is 4. The number of benzene rings is 1. The maximum Gasteiger partial charge on any atom is 0.319 e. The van der Waals surface area contributed by atoms with Crippen molar-refractivity contribution in [2.45, 2.75) is 19.6 Å². The molecule has 0 spiro atoms. The summed E-state index contributed by atoms with van der Waals surface area (Å²) in [5.41, 5.74) is 1.70. The number of para-hydroxylation sites is 1. The summed E-state index contributed by atoms with van der Waals surface area (Å²) in [5, 5.41) is 15.8. The van der Waals surface area contributed by atoms with E-state index in [-0.39, 0.29) is 6.03 Å². The van der Waals surface area contributed by atoms with E-state index in [1.807, 2.05) is 38.1 Å². The van der Waals surface area contributed by atoms with Crippen LogP contribution in [0.4, 0.5) is 27.8 Å². The summed E-state index contributed by atoms with van der Waals surface area (Å²) in [5.74, 6) is 1.80. The Hall–Kier alpha value is -3.69. The zero-order valence-corrected chi connectivity index (χ0v) is 16.0. The molecule has 10 heteroatoms. The monoisotopic (exact) mass is 383 g/mol. The van der Waals surface area contributed by atoms with Crippen molar-refractivity contribution >= 4 is 34.7 Å². The second kappa shape index (κ2) is 6.48.